The van der Waals surface area contributed by atoms with E-state index in [1.165, 1.54) is 4.31 Å². The Morgan fingerprint density at radius 3 is 2.32 bits per heavy atom. The number of aryl methyl sites for hydroxylation is 2. The average Bonchev–Trinajstić information content (AvgIpc) is 3.24. The van der Waals surface area contributed by atoms with Crippen LogP contribution in [0.25, 0.3) is 0 Å². The molecule has 1 fully saturated rings. The Bertz CT molecular complexity index is 1180. The second-order valence-electron chi connectivity index (χ2n) is 7.37. The number of carbonyl (C=O) groups is 1. The second-order valence-corrected chi connectivity index (χ2v) is 10.5. The number of nitrogens with zero attached hydrogens (tertiary/aromatic N) is 4. The Labute approximate surface area is 185 Å². The minimum Gasteiger partial charge on any atom is -0.369 e. The van der Waals surface area contributed by atoms with Gasteiger partial charge in [-0.1, -0.05) is 47.2 Å². The van der Waals surface area contributed by atoms with Crippen molar-refractivity contribution in [1.29, 1.82) is 0 Å². The predicted molar refractivity (Wildman–Crippen MR) is 121 cm³/mol. The van der Waals surface area contributed by atoms with Crippen LogP contribution in [0, 0.1) is 13.8 Å². The highest BCUT2D eigenvalue weighted by atomic mass is 32.2. The number of carbonyl (C=O) groups excluding carboxylic acids is 1. The normalized spacial score (nSPS) is 15.1. The highest BCUT2D eigenvalue weighted by Crippen LogP contribution is 2.26. The van der Waals surface area contributed by atoms with Gasteiger partial charge in [-0.2, -0.15) is 4.31 Å². The second kappa shape index (κ2) is 8.74. The van der Waals surface area contributed by atoms with E-state index < -0.39 is 10.0 Å². The van der Waals surface area contributed by atoms with Crippen molar-refractivity contribution >= 4 is 38.1 Å². The molecule has 0 radical (unpaired) electrons. The van der Waals surface area contributed by atoms with Gasteiger partial charge in [-0.15, -0.1) is 10.2 Å². The summed E-state index contributed by atoms with van der Waals surface area (Å²) in [6.45, 7) is 5.90. The molecular formula is C21H23N5O3S2. The molecule has 0 atom stereocenters. The average molecular weight is 458 g/mol. The Morgan fingerprint density at radius 2 is 1.65 bits per heavy atom. The number of nitrogens with one attached hydrogen (secondary N) is 1. The van der Waals surface area contributed by atoms with Crippen molar-refractivity contribution in [3.63, 3.8) is 0 Å². The molecule has 4 rings (SSSR count). The van der Waals surface area contributed by atoms with E-state index in [1.807, 2.05) is 50.2 Å². The highest BCUT2D eigenvalue weighted by molar-refractivity contribution is 7.91. The van der Waals surface area contributed by atoms with Crippen molar-refractivity contribution in [1.82, 2.24) is 14.5 Å². The summed E-state index contributed by atoms with van der Waals surface area (Å²) in [6, 6.07) is 15.2. The van der Waals surface area contributed by atoms with E-state index in [0.717, 1.165) is 28.2 Å². The zero-order valence-corrected chi connectivity index (χ0v) is 18.9. The summed E-state index contributed by atoms with van der Waals surface area (Å²) in [5, 5.41) is 10.5. The van der Waals surface area contributed by atoms with Crippen LogP contribution in [0.4, 0.5) is 10.8 Å². The first-order valence-corrected chi connectivity index (χ1v) is 12.1. The summed E-state index contributed by atoms with van der Waals surface area (Å²) in [5.41, 5.74) is 3.80. The van der Waals surface area contributed by atoms with Gasteiger partial charge < -0.3 is 4.90 Å². The van der Waals surface area contributed by atoms with Crippen molar-refractivity contribution in [3.05, 3.63) is 65.2 Å². The van der Waals surface area contributed by atoms with Gasteiger partial charge in [-0.25, -0.2) is 8.42 Å². The first-order chi connectivity index (χ1) is 14.8. The van der Waals surface area contributed by atoms with Crippen LogP contribution >= 0.6 is 11.3 Å². The van der Waals surface area contributed by atoms with E-state index in [9.17, 15) is 13.2 Å². The summed E-state index contributed by atoms with van der Waals surface area (Å²) in [5.74, 6) is -0.355. The van der Waals surface area contributed by atoms with Crippen LogP contribution in [0.15, 0.2) is 52.9 Å². The first kappa shape index (κ1) is 21.4. The smallest absolute Gasteiger partial charge is 0.272 e. The number of hydrogen-bond acceptors (Lipinski definition) is 7. The van der Waals surface area contributed by atoms with Crippen LogP contribution in [0.5, 0.6) is 0 Å². The summed E-state index contributed by atoms with van der Waals surface area (Å²) in [4.78, 5) is 14.5. The maximum Gasteiger partial charge on any atom is 0.272 e. The van der Waals surface area contributed by atoms with Crippen LogP contribution < -0.4 is 10.2 Å². The lowest BCUT2D eigenvalue weighted by atomic mass is 10.1. The number of piperazine rings is 1. The van der Waals surface area contributed by atoms with E-state index in [2.05, 4.69) is 20.4 Å². The van der Waals surface area contributed by atoms with Gasteiger partial charge in [-0.3, -0.25) is 10.1 Å². The van der Waals surface area contributed by atoms with E-state index >= 15 is 0 Å². The molecule has 0 bridgehead atoms. The van der Waals surface area contributed by atoms with E-state index in [4.69, 9.17) is 0 Å². The van der Waals surface area contributed by atoms with Gasteiger partial charge in [0.05, 0.1) is 0 Å². The molecule has 1 aliphatic rings. The van der Waals surface area contributed by atoms with Crippen molar-refractivity contribution in [3.8, 4) is 0 Å². The molecule has 0 saturated carbocycles. The summed E-state index contributed by atoms with van der Waals surface area (Å²) in [7, 11) is -3.76. The molecular weight excluding hydrogens is 434 g/mol. The third-order valence-electron chi connectivity index (χ3n) is 5.20. The van der Waals surface area contributed by atoms with E-state index in [0.29, 0.717) is 31.7 Å². The number of sulfonamides is 1. The zero-order valence-electron chi connectivity index (χ0n) is 17.3. The van der Waals surface area contributed by atoms with Crippen molar-refractivity contribution in [2.75, 3.05) is 36.4 Å². The standard InChI is InChI=1S/C21H23N5O3S2/c1-15-7-9-17(10-8-15)19(27)22-20-23-24-21(30-20)31(28,29)26-13-11-25(12-14-26)18-6-4-3-5-16(18)2/h3-10H,11-14H2,1-2H3,(H,22,23,27). The quantitative estimate of drug-likeness (QED) is 0.592. The molecule has 1 aliphatic heterocycles. The molecule has 0 spiro atoms. The molecule has 31 heavy (non-hydrogen) atoms. The van der Waals surface area contributed by atoms with Gasteiger partial charge in [0.2, 0.25) is 9.47 Å². The van der Waals surface area contributed by atoms with Gasteiger partial charge in [0, 0.05) is 37.4 Å². The topological polar surface area (TPSA) is 95.5 Å². The molecule has 2 aromatic carbocycles. The minimum atomic E-state index is -3.76. The fraction of sp³-hybridized carbons (Fsp3) is 0.286. The van der Waals surface area contributed by atoms with Crippen LogP contribution in [0.3, 0.4) is 0 Å². The Morgan fingerprint density at radius 1 is 0.968 bits per heavy atom. The van der Waals surface area contributed by atoms with Crippen LogP contribution in [-0.4, -0.2) is 55.0 Å². The number of benzene rings is 2. The highest BCUT2D eigenvalue weighted by Gasteiger charge is 2.32. The molecule has 10 heteroatoms. The van der Waals surface area contributed by atoms with E-state index in [-0.39, 0.29) is 15.4 Å². The van der Waals surface area contributed by atoms with Gasteiger partial charge in [0.1, 0.15) is 0 Å². The molecule has 3 aromatic rings. The monoisotopic (exact) mass is 457 g/mol. The largest absolute Gasteiger partial charge is 0.369 e. The molecule has 1 saturated heterocycles. The molecule has 1 N–H and O–H groups in total. The Kier molecular flexibility index (Phi) is 6.03. The third-order valence-corrected chi connectivity index (χ3v) is 8.28. The van der Waals surface area contributed by atoms with Gasteiger partial charge >= 0.3 is 0 Å². The Balaban J connectivity index is 1.42. The number of anilines is 2. The molecule has 162 valence electrons. The van der Waals surface area contributed by atoms with Gasteiger partial charge in [-0.05, 0) is 37.6 Å². The molecule has 2 heterocycles. The number of hydrogen-bond donors (Lipinski definition) is 1. The summed E-state index contributed by atoms with van der Waals surface area (Å²) in [6.07, 6.45) is 0. The predicted octanol–water partition coefficient (Wildman–Crippen LogP) is 2.92. The fourth-order valence-corrected chi connectivity index (χ4v) is 5.89. The number of para-hydroxylation sites is 1. The lowest BCUT2D eigenvalue weighted by molar-refractivity contribution is 0.102. The first-order valence-electron chi connectivity index (χ1n) is 9.87. The number of aromatic nitrogens is 2. The lowest BCUT2D eigenvalue weighted by Crippen LogP contribution is -2.48. The number of amides is 1. The van der Waals surface area contributed by atoms with Crippen LogP contribution in [-0.2, 0) is 10.0 Å². The lowest BCUT2D eigenvalue weighted by Gasteiger charge is -2.35. The summed E-state index contributed by atoms with van der Waals surface area (Å²) >= 11 is 0.862. The number of rotatable bonds is 5. The Hall–Kier alpha value is -2.82. The summed E-state index contributed by atoms with van der Waals surface area (Å²) < 4.78 is 27.3. The maximum absolute atomic E-state index is 13.0. The van der Waals surface area contributed by atoms with Crippen LogP contribution in [0.1, 0.15) is 21.5 Å². The molecule has 8 nitrogen and oxygen atoms in total. The van der Waals surface area contributed by atoms with Crippen molar-refractivity contribution in [2.24, 2.45) is 0 Å². The van der Waals surface area contributed by atoms with Gasteiger partial charge in [0.25, 0.3) is 15.9 Å². The third kappa shape index (κ3) is 4.60. The van der Waals surface area contributed by atoms with Crippen molar-refractivity contribution < 1.29 is 13.2 Å². The molecule has 0 unspecified atom stereocenters. The van der Waals surface area contributed by atoms with Crippen molar-refractivity contribution in [2.45, 2.75) is 18.2 Å². The molecule has 1 aromatic heterocycles. The zero-order chi connectivity index (χ0) is 22.0. The van der Waals surface area contributed by atoms with Gasteiger partial charge in [0.15, 0.2) is 0 Å². The van der Waals surface area contributed by atoms with Crippen LogP contribution in [0.2, 0.25) is 0 Å². The molecule has 0 aliphatic carbocycles. The SMILES string of the molecule is Cc1ccc(C(=O)Nc2nnc(S(=O)(=O)N3CCN(c4ccccc4C)CC3)s2)cc1. The minimum absolute atomic E-state index is 0.115. The van der Waals surface area contributed by atoms with E-state index in [1.54, 1.807) is 12.1 Å². The molecule has 1 amide bonds. The fourth-order valence-electron chi connectivity index (χ4n) is 3.44. The maximum atomic E-state index is 13.0.